The van der Waals surface area contributed by atoms with Crippen molar-refractivity contribution in [2.75, 3.05) is 6.61 Å². The van der Waals surface area contributed by atoms with Crippen molar-refractivity contribution in [1.29, 1.82) is 0 Å². The van der Waals surface area contributed by atoms with Crippen molar-refractivity contribution < 1.29 is 5.11 Å². The number of aliphatic hydroxyl groups excluding tert-OH is 1. The lowest BCUT2D eigenvalue weighted by Gasteiger charge is -1.85. The number of aromatic nitrogens is 1. The fourth-order valence-corrected chi connectivity index (χ4v) is 1.66. The molecule has 56 valence electrons. The molecule has 0 amide bonds. The summed E-state index contributed by atoms with van der Waals surface area (Å²) >= 11 is 1.67. The molecule has 0 radical (unpaired) electrons. The van der Waals surface area contributed by atoms with Crippen molar-refractivity contribution in [3.05, 3.63) is 15.6 Å². The van der Waals surface area contributed by atoms with E-state index in [-0.39, 0.29) is 6.61 Å². The molecule has 2 nitrogen and oxygen atoms in total. The van der Waals surface area contributed by atoms with Crippen molar-refractivity contribution in [2.45, 2.75) is 20.3 Å². The average Bonchev–Trinajstić information content (AvgIpc) is 2.14. The van der Waals surface area contributed by atoms with Gasteiger partial charge in [-0.1, -0.05) is 0 Å². The summed E-state index contributed by atoms with van der Waals surface area (Å²) in [6, 6.07) is 0. The van der Waals surface area contributed by atoms with Crippen LogP contribution >= 0.6 is 11.3 Å². The van der Waals surface area contributed by atoms with E-state index in [9.17, 15) is 0 Å². The fraction of sp³-hybridized carbons (Fsp3) is 0.571. The van der Waals surface area contributed by atoms with Crippen molar-refractivity contribution in [2.24, 2.45) is 0 Å². The van der Waals surface area contributed by atoms with Crippen LogP contribution in [0.2, 0.25) is 0 Å². The lowest BCUT2D eigenvalue weighted by Crippen LogP contribution is -1.88. The molecular weight excluding hydrogens is 146 g/mol. The van der Waals surface area contributed by atoms with Crippen LogP contribution in [0.25, 0.3) is 0 Å². The number of rotatable bonds is 2. The molecule has 1 N–H and O–H groups in total. The summed E-state index contributed by atoms with van der Waals surface area (Å²) in [7, 11) is 0. The predicted octanol–water partition coefficient (Wildman–Crippen LogP) is 1.29. The Bertz CT molecular complexity index is 200. The first-order valence-corrected chi connectivity index (χ1v) is 4.09. The second kappa shape index (κ2) is 3.12. The summed E-state index contributed by atoms with van der Waals surface area (Å²) in [6.07, 6.45) is 0.694. The maximum atomic E-state index is 8.59. The highest BCUT2D eigenvalue weighted by atomic mass is 32.1. The lowest BCUT2D eigenvalue weighted by atomic mass is 10.4. The summed E-state index contributed by atoms with van der Waals surface area (Å²) in [5.41, 5.74) is 1.09. The van der Waals surface area contributed by atoms with Gasteiger partial charge in [-0.3, -0.25) is 0 Å². The molecule has 1 rings (SSSR count). The van der Waals surface area contributed by atoms with Gasteiger partial charge in [-0.15, -0.1) is 11.3 Å². The second-order valence-electron chi connectivity index (χ2n) is 2.22. The zero-order valence-electron chi connectivity index (χ0n) is 6.22. The van der Waals surface area contributed by atoms with Crippen molar-refractivity contribution in [3.63, 3.8) is 0 Å². The number of aryl methyl sites for hydroxylation is 2. The number of nitrogens with zero attached hydrogens (tertiary/aromatic N) is 1. The third kappa shape index (κ3) is 1.55. The van der Waals surface area contributed by atoms with E-state index in [0.29, 0.717) is 6.42 Å². The third-order valence-corrected chi connectivity index (χ3v) is 2.53. The Morgan fingerprint density at radius 3 is 2.60 bits per heavy atom. The van der Waals surface area contributed by atoms with Gasteiger partial charge in [0.05, 0.1) is 10.7 Å². The van der Waals surface area contributed by atoms with Gasteiger partial charge in [-0.05, 0) is 13.8 Å². The summed E-state index contributed by atoms with van der Waals surface area (Å²) < 4.78 is 0. The van der Waals surface area contributed by atoms with E-state index in [0.717, 1.165) is 10.7 Å². The number of aliphatic hydroxyl groups is 1. The molecule has 0 atom stereocenters. The Balaban J connectivity index is 2.77. The van der Waals surface area contributed by atoms with Gasteiger partial charge in [0.15, 0.2) is 0 Å². The molecule has 0 saturated heterocycles. The fourth-order valence-electron chi connectivity index (χ4n) is 0.742. The van der Waals surface area contributed by atoms with Crippen LogP contribution in [0.4, 0.5) is 0 Å². The van der Waals surface area contributed by atoms with E-state index in [4.69, 9.17) is 5.11 Å². The van der Waals surface area contributed by atoms with Gasteiger partial charge in [0.2, 0.25) is 0 Å². The van der Waals surface area contributed by atoms with Gasteiger partial charge in [0.25, 0.3) is 0 Å². The van der Waals surface area contributed by atoms with Crippen LogP contribution in [0.5, 0.6) is 0 Å². The average molecular weight is 157 g/mol. The largest absolute Gasteiger partial charge is 0.396 e. The lowest BCUT2D eigenvalue weighted by molar-refractivity contribution is 0.299. The molecule has 0 fully saturated rings. The Kier molecular flexibility index (Phi) is 2.40. The first kappa shape index (κ1) is 7.69. The monoisotopic (exact) mass is 157 g/mol. The zero-order chi connectivity index (χ0) is 7.56. The van der Waals surface area contributed by atoms with Gasteiger partial charge >= 0.3 is 0 Å². The summed E-state index contributed by atoms with van der Waals surface area (Å²) in [5, 5.41) is 9.63. The smallest absolute Gasteiger partial charge is 0.0953 e. The summed E-state index contributed by atoms with van der Waals surface area (Å²) in [5.74, 6) is 0. The first-order chi connectivity index (χ1) is 4.74. The molecule has 0 aliphatic rings. The molecule has 0 bridgehead atoms. The van der Waals surface area contributed by atoms with E-state index < -0.39 is 0 Å². The highest BCUT2D eigenvalue weighted by Gasteiger charge is 2.01. The van der Waals surface area contributed by atoms with Crippen LogP contribution in [0.1, 0.15) is 15.6 Å². The van der Waals surface area contributed by atoms with Crippen LogP contribution in [0.15, 0.2) is 0 Å². The quantitative estimate of drug-likeness (QED) is 0.701. The van der Waals surface area contributed by atoms with Crippen LogP contribution in [-0.4, -0.2) is 16.7 Å². The summed E-state index contributed by atoms with van der Waals surface area (Å²) in [4.78, 5) is 5.51. The molecule has 0 aromatic carbocycles. The number of thiazole rings is 1. The highest BCUT2D eigenvalue weighted by molar-refractivity contribution is 7.11. The van der Waals surface area contributed by atoms with Crippen LogP contribution < -0.4 is 0 Å². The van der Waals surface area contributed by atoms with Gasteiger partial charge in [0, 0.05) is 17.9 Å². The van der Waals surface area contributed by atoms with E-state index in [2.05, 4.69) is 4.98 Å². The minimum absolute atomic E-state index is 0.201. The van der Waals surface area contributed by atoms with Crippen LogP contribution in [0, 0.1) is 13.8 Å². The number of hydrogen-bond donors (Lipinski definition) is 1. The van der Waals surface area contributed by atoms with Crippen molar-refractivity contribution >= 4 is 11.3 Å². The van der Waals surface area contributed by atoms with E-state index in [1.165, 1.54) is 4.88 Å². The predicted molar refractivity (Wildman–Crippen MR) is 42.4 cm³/mol. The normalized spacial score (nSPS) is 10.3. The number of hydrogen-bond acceptors (Lipinski definition) is 3. The Morgan fingerprint density at radius 1 is 1.50 bits per heavy atom. The Labute approximate surface area is 64.5 Å². The molecule has 1 aromatic heterocycles. The molecule has 10 heavy (non-hydrogen) atoms. The second-order valence-corrected chi connectivity index (χ2v) is 3.51. The molecule has 0 saturated carbocycles. The maximum absolute atomic E-state index is 8.59. The summed E-state index contributed by atoms with van der Waals surface area (Å²) in [6.45, 7) is 4.24. The Morgan fingerprint density at radius 2 is 2.20 bits per heavy atom. The molecule has 0 aliphatic heterocycles. The van der Waals surface area contributed by atoms with Crippen LogP contribution in [-0.2, 0) is 6.42 Å². The molecular formula is C7H11NOS. The molecule has 1 heterocycles. The van der Waals surface area contributed by atoms with E-state index >= 15 is 0 Å². The third-order valence-electron chi connectivity index (χ3n) is 1.40. The molecule has 0 unspecified atom stereocenters. The molecule has 0 aliphatic carbocycles. The van der Waals surface area contributed by atoms with Crippen LogP contribution in [0.3, 0.4) is 0 Å². The van der Waals surface area contributed by atoms with E-state index in [1.54, 1.807) is 11.3 Å². The standard InChI is InChI=1S/C7H11NOS/c1-5-6(2)10-7(8-5)3-4-9/h9H,3-4H2,1-2H3. The molecule has 0 spiro atoms. The minimum Gasteiger partial charge on any atom is -0.396 e. The van der Waals surface area contributed by atoms with E-state index in [1.807, 2.05) is 13.8 Å². The Hall–Kier alpha value is -0.410. The van der Waals surface area contributed by atoms with Gasteiger partial charge in [0.1, 0.15) is 0 Å². The minimum atomic E-state index is 0.201. The van der Waals surface area contributed by atoms with Crippen molar-refractivity contribution in [1.82, 2.24) is 4.98 Å². The topological polar surface area (TPSA) is 33.1 Å². The SMILES string of the molecule is Cc1nc(CCO)sc1C. The molecule has 3 heteroatoms. The van der Waals surface area contributed by atoms with Gasteiger partial charge in [-0.2, -0.15) is 0 Å². The van der Waals surface area contributed by atoms with Gasteiger partial charge in [-0.25, -0.2) is 4.98 Å². The highest BCUT2D eigenvalue weighted by Crippen LogP contribution is 2.16. The van der Waals surface area contributed by atoms with Crippen molar-refractivity contribution in [3.8, 4) is 0 Å². The first-order valence-electron chi connectivity index (χ1n) is 3.28. The molecule has 1 aromatic rings. The maximum Gasteiger partial charge on any atom is 0.0953 e. The zero-order valence-corrected chi connectivity index (χ0v) is 7.03. The van der Waals surface area contributed by atoms with Gasteiger partial charge < -0.3 is 5.11 Å².